The molecule has 0 saturated carbocycles. The second-order valence-corrected chi connectivity index (χ2v) is 6.64. The van der Waals surface area contributed by atoms with E-state index >= 15 is 0 Å². The van der Waals surface area contributed by atoms with E-state index in [1.165, 1.54) is 28.2 Å². The Morgan fingerprint density at radius 3 is 2.76 bits per heavy atom. The number of hydrogen-bond acceptors (Lipinski definition) is 2. The molecule has 1 aliphatic rings. The van der Waals surface area contributed by atoms with Crippen LogP contribution in [0.4, 0.5) is 5.82 Å². The Morgan fingerprint density at radius 2 is 2.05 bits per heavy atom. The molecule has 0 fully saturated rings. The summed E-state index contributed by atoms with van der Waals surface area (Å²) < 4.78 is 2.19. The van der Waals surface area contributed by atoms with Crippen molar-refractivity contribution in [2.45, 2.75) is 46.6 Å². The average molecular weight is 283 g/mol. The van der Waals surface area contributed by atoms with Gasteiger partial charge in [-0.25, -0.2) is 4.68 Å². The van der Waals surface area contributed by atoms with Gasteiger partial charge in [-0.3, -0.25) is 0 Å². The molecule has 2 heterocycles. The van der Waals surface area contributed by atoms with E-state index in [-0.39, 0.29) is 0 Å². The van der Waals surface area contributed by atoms with Gasteiger partial charge in [0.1, 0.15) is 5.82 Å². The van der Waals surface area contributed by atoms with Gasteiger partial charge in [-0.05, 0) is 49.3 Å². The minimum absolute atomic E-state index is 0.362. The van der Waals surface area contributed by atoms with Gasteiger partial charge in [-0.1, -0.05) is 32.0 Å². The van der Waals surface area contributed by atoms with Gasteiger partial charge in [0.25, 0.3) is 0 Å². The summed E-state index contributed by atoms with van der Waals surface area (Å²) in [4.78, 5) is 0. The Bertz CT molecular complexity index is 640. The number of aromatic nitrogens is 2. The molecule has 1 N–H and O–H groups in total. The molecule has 3 heteroatoms. The van der Waals surface area contributed by atoms with Crippen molar-refractivity contribution in [3.05, 3.63) is 46.6 Å². The highest BCUT2D eigenvalue weighted by atomic mass is 15.4. The molecule has 2 aromatic rings. The molecule has 0 amide bonds. The molecule has 3 rings (SSSR count). The third kappa shape index (κ3) is 2.82. The summed E-state index contributed by atoms with van der Waals surface area (Å²) in [7, 11) is 0. The first-order chi connectivity index (χ1) is 10.0. The van der Waals surface area contributed by atoms with Crippen molar-refractivity contribution in [1.82, 2.24) is 9.78 Å². The van der Waals surface area contributed by atoms with Crippen LogP contribution in [0.15, 0.2) is 24.3 Å². The van der Waals surface area contributed by atoms with Crippen LogP contribution in [0.25, 0.3) is 0 Å². The lowest BCUT2D eigenvalue weighted by Crippen LogP contribution is -2.24. The van der Waals surface area contributed by atoms with Crippen LogP contribution in [-0.2, 0) is 6.42 Å². The van der Waals surface area contributed by atoms with Crippen LogP contribution in [0.2, 0.25) is 0 Å². The summed E-state index contributed by atoms with van der Waals surface area (Å²) in [5.74, 6) is 1.81. The zero-order valence-corrected chi connectivity index (χ0v) is 13.5. The zero-order chi connectivity index (χ0) is 15.0. The van der Waals surface area contributed by atoms with E-state index in [0.717, 1.165) is 19.4 Å². The topological polar surface area (TPSA) is 29.9 Å². The fraction of sp³-hybridized carbons (Fsp3) is 0.500. The van der Waals surface area contributed by atoms with Crippen LogP contribution >= 0.6 is 0 Å². The van der Waals surface area contributed by atoms with E-state index in [1.54, 1.807) is 0 Å². The number of aryl methyl sites for hydroxylation is 2. The number of hydrogen-bond donors (Lipinski definition) is 1. The number of benzene rings is 1. The Balaban J connectivity index is 1.95. The van der Waals surface area contributed by atoms with Crippen LogP contribution < -0.4 is 5.32 Å². The number of rotatable bonds is 3. The molecular formula is C18H25N3. The highest BCUT2D eigenvalue weighted by Crippen LogP contribution is 2.31. The highest BCUT2D eigenvalue weighted by Gasteiger charge is 2.23. The number of anilines is 1. The quantitative estimate of drug-likeness (QED) is 0.919. The van der Waals surface area contributed by atoms with Gasteiger partial charge in [-0.15, -0.1) is 0 Å². The maximum Gasteiger partial charge on any atom is 0.125 e. The van der Waals surface area contributed by atoms with E-state index in [4.69, 9.17) is 5.10 Å². The lowest BCUT2D eigenvalue weighted by molar-refractivity contribution is 0.474. The normalized spacial score (nSPS) is 17.7. The van der Waals surface area contributed by atoms with Crippen molar-refractivity contribution < 1.29 is 0 Å². The van der Waals surface area contributed by atoms with Crippen LogP contribution in [0.1, 0.15) is 48.7 Å². The SMILES string of the molecule is Cc1ccc(C2CCNc3cc(CC(C)C)nn32)cc1C. The molecule has 0 bridgehead atoms. The van der Waals surface area contributed by atoms with Gasteiger partial charge in [0.05, 0.1) is 11.7 Å². The maximum atomic E-state index is 4.86. The van der Waals surface area contributed by atoms with E-state index in [0.29, 0.717) is 12.0 Å². The zero-order valence-electron chi connectivity index (χ0n) is 13.5. The molecule has 0 radical (unpaired) electrons. The largest absolute Gasteiger partial charge is 0.370 e. The Morgan fingerprint density at radius 1 is 1.24 bits per heavy atom. The summed E-state index contributed by atoms with van der Waals surface area (Å²) in [5.41, 5.74) is 5.29. The van der Waals surface area contributed by atoms with Crippen molar-refractivity contribution in [3.63, 3.8) is 0 Å². The lowest BCUT2D eigenvalue weighted by atomic mass is 9.98. The van der Waals surface area contributed by atoms with Gasteiger partial charge in [0.15, 0.2) is 0 Å². The molecule has 21 heavy (non-hydrogen) atoms. The van der Waals surface area contributed by atoms with Crippen molar-refractivity contribution >= 4 is 5.82 Å². The minimum atomic E-state index is 0.362. The predicted molar refractivity (Wildman–Crippen MR) is 87.9 cm³/mol. The Hall–Kier alpha value is -1.77. The first-order valence-electron chi connectivity index (χ1n) is 7.94. The average Bonchev–Trinajstić information content (AvgIpc) is 2.83. The molecule has 1 atom stereocenters. The highest BCUT2D eigenvalue weighted by molar-refractivity contribution is 5.42. The van der Waals surface area contributed by atoms with Crippen LogP contribution in [-0.4, -0.2) is 16.3 Å². The van der Waals surface area contributed by atoms with Gasteiger partial charge in [-0.2, -0.15) is 5.10 Å². The molecule has 0 saturated heterocycles. The third-order valence-electron chi connectivity index (χ3n) is 4.34. The molecular weight excluding hydrogens is 258 g/mol. The van der Waals surface area contributed by atoms with Crippen molar-refractivity contribution in [3.8, 4) is 0 Å². The molecule has 0 aliphatic carbocycles. The minimum Gasteiger partial charge on any atom is -0.370 e. The summed E-state index contributed by atoms with van der Waals surface area (Å²) >= 11 is 0. The second kappa shape index (κ2) is 5.55. The lowest BCUT2D eigenvalue weighted by Gasteiger charge is -2.26. The summed E-state index contributed by atoms with van der Waals surface area (Å²) in [6.07, 6.45) is 2.14. The fourth-order valence-electron chi connectivity index (χ4n) is 3.07. The predicted octanol–water partition coefficient (Wildman–Crippen LogP) is 4.10. The molecule has 1 unspecified atom stereocenters. The van der Waals surface area contributed by atoms with E-state index < -0.39 is 0 Å². The van der Waals surface area contributed by atoms with Crippen molar-refractivity contribution in [1.29, 1.82) is 0 Å². The maximum absolute atomic E-state index is 4.86. The van der Waals surface area contributed by atoms with Crippen molar-refractivity contribution in [2.24, 2.45) is 5.92 Å². The van der Waals surface area contributed by atoms with Crippen LogP contribution in [0.3, 0.4) is 0 Å². The van der Waals surface area contributed by atoms with Gasteiger partial charge in [0, 0.05) is 12.6 Å². The van der Waals surface area contributed by atoms with E-state index in [9.17, 15) is 0 Å². The van der Waals surface area contributed by atoms with Gasteiger partial charge in [0.2, 0.25) is 0 Å². The molecule has 1 aromatic carbocycles. The Kier molecular flexibility index (Phi) is 3.75. The third-order valence-corrected chi connectivity index (χ3v) is 4.34. The summed E-state index contributed by atoms with van der Waals surface area (Å²) in [6, 6.07) is 9.38. The van der Waals surface area contributed by atoms with E-state index in [2.05, 4.69) is 62.0 Å². The monoisotopic (exact) mass is 283 g/mol. The first-order valence-corrected chi connectivity index (χ1v) is 7.94. The number of fused-ring (bicyclic) bond motifs is 1. The standard InChI is InChI=1S/C18H25N3/c1-12(2)9-16-11-18-19-8-7-17(21(18)20-16)15-6-5-13(3)14(4)10-15/h5-6,10-12,17,19H,7-9H2,1-4H3. The molecule has 1 aliphatic heterocycles. The van der Waals surface area contributed by atoms with Gasteiger partial charge >= 0.3 is 0 Å². The van der Waals surface area contributed by atoms with Crippen LogP contribution in [0.5, 0.6) is 0 Å². The number of nitrogens with zero attached hydrogens (tertiary/aromatic N) is 2. The van der Waals surface area contributed by atoms with E-state index in [1.807, 2.05) is 0 Å². The summed E-state index contributed by atoms with van der Waals surface area (Å²) in [6.45, 7) is 9.86. The fourth-order valence-corrected chi connectivity index (χ4v) is 3.07. The summed E-state index contributed by atoms with van der Waals surface area (Å²) in [5, 5.41) is 8.34. The molecule has 1 aromatic heterocycles. The molecule has 0 spiro atoms. The first kappa shape index (κ1) is 14.2. The second-order valence-electron chi connectivity index (χ2n) is 6.64. The Labute approximate surface area is 127 Å². The smallest absolute Gasteiger partial charge is 0.125 e. The van der Waals surface area contributed by atoms with Crippen LogP contribution in [0, 0.1) is 19.8 Å². The van der Waals surface area contributed by atoms with Crippen molar-refractivity contribution in [2.75, 3.05) is 11.9 Å². The molecule has 112 valence electrons. The number of nitrogens with one attached hydrogen (secondary N) is 1. The van der Waals surface area contributed by atoms with Gasteiger partial charge < -0.3 is 5.32 Å². The molecule has 3 nitrogen and oxygen atoms in total.